The Bertz CT molecular complexity index is 441. The number of hydrogen-bond acceptors (Lipinski definition) is 4. The fourth-order valence-electron chi connectivity index (χ4n) is 2.37. The van der Waals surface area contributed by atoms with Gasteiger partial charge in [-0.15, -0.1) is 0 Å². The van der Waals surface area contributed by atoms with E-state index in [4.69, 9.17) is 14.2 Å². The van der Waals surface area contributed by atoms with Crippen LogP contribution in [0, 0.1) is 0 Å². The number of carboxylic acids is 1. The molecule has 1 saturated carbocycles. The third kappa shape index (κ3) is 2.75. The lowest BCUT2D eigenvalue weighted by molar-refractivity contribution is -0.154. The summed E-state index contributed by atoms with van der Waals surface area (Å²) in [6, 6.07) is 5.06. The van der Waals surface area contributed by atoms with Crippen LogP contribution in [0.1, 0.15) is 25.7 Å². The predicted octanol–water partition coefficient (Wildman–Crippen LogP) is 2.48. The molecule has 0 amide bonds. The summed E-state index contributed by atoms with van der Waals surface area (Å²) in [4.78, 5) is 11.4. The summed E-state index contributed by atoms with van der Waals surface area (Å²) >= 11 is 0. The summed E-state index contributed by atoms with van der Waals surface area (Å²) in [5.41, 5.74) is -1.11. The SMILES string of the molecule is COc1cc(OC)cc(OC2(C(=O)O)CCCC2)c1. The first kappa shape index (κ1) is 13.5. The molecule has 1 N–H and O–H groups in total. The molecule has 19 heavy (non-hydrogen) atoms. The molecule has 2 rings (SSSR count). The van der Waals surface area contributed by atoms with Gasteiger partial charge in [0.2, 0.25) is 5.60 Å². The molecule has 1 aromatic carbocycles. The van der Waals surface area contributed by atoms with Crippen LogP contribution in [0.4, 0.5) is 0 Å². The first-order valence-corrected chi connectivity index (χ1v) is 6.25. The summed E-state index contributed by atoms with van der Waals surface area (Å²) in [6.45, 7) is 0. The molecule has 0 aliphatic heterocycles. The molecule has 0 heterocycles. The normalized spacial score (nSPS) is 16.9. The van der Waals surface area contributed by atoms with E-state index in [2.05, 4.69) is 0 Å². The van der Waals surface area contributed by atoms with Crippen LogP contribution in [0.5, 0.6) is 17.2 Å². The van der Waals surface area contributed by atoms with Crippen molar-refractivity contribution in [2.24, 2.45) is 0 Å². The second-order valence-corrected chi connectivity index (χ2v) is 4.66. The van der Waals surface area contributed by atoms with E-state index >= 15 is 0 Å². The first-order valence-electron chi connectivity index (χ1n) is 6.25. The van der Waals surface area contributed by atoms with Gasteiger partial charge in [0.1, 0.15) is 17.2 Å². The van der Waals surface area contributed by atoms with Gasteiger partial charge >= 0.3 is 5.97 Å². The number of ether oxygens (including phenoxy) is 3. The highest BCUT2D eigenvalue weighted by atomic mass is 16.5. The fraction of sp³-hybridized carbons (Fsp3) is 0.500. The van der Waals surface area contributed by atoms with Gasteiger partial charge in [-0.1, -0.05) is 0 Å². The molecule has 0 spiro atoms. The van der Waals surface area contributed by atoms with Gasteiger partial charge in [0.25, 0.3) is 0 Å². The molecule has 0 radical (unpaired) electrons. The quantitative estimate of drug-likeness (QED) is 0.887. The largest absolute Gasteiger partial charge is 0.496 e. The fourth-order valence-corrected chi connectivity index (χ4v) is 2.37. The summed E-state index contributed by atoms with van der Waals surface area (Å²) in [5, 5.41) is 9.39. The van der Waals surface area contributed by atoms with Crippen molar-refractivity contribution in [3.8, 4) is 17.2 Å². The minimum absolute atomic E-state index is 0.459. The van der Waals surface area contributed by atoms with Crippen LogP contribution in [0.25, 0.3) is 0 Å². The number of rotatable bonds is 5. The van der Waals surface area contributed by atoms with Gasteiger partial charge in [-0.25, -0.2) is 4.79 Å². The Morgan fingerprint density at radius 1 is 1.05 bits per heavy atom. The van der Waals surface area contributed by atoms with Crippen LogP contribution < -0.4 is 14.2 Å². The Kier molecular flexibility index (Phi) is 3.83. The lowest BCUT2D eigenvalue weighted by atomic mass is 10.0. The lowest BCUT2D eigenvalue weighted by Gasteiger charge is -2.25. The van der Waals surface area contributed by atoms with Gasteiger partial charge in [-0.2, -0.15) is 0 Å². The van der Waals surface area contributed by atoms with Crippen LogP contribution >= 0.6 is 0 Å². The third-order valence-corrected chi connectivity index (χ3v) is 3.44. The van der Waals surface area contributed by atoms with Gasteiger partial charge in [-0.3, -0.25) is 0 Å². The molecule has 0 bridgehead atoms. The Morgan fingerprint density at radius 2 is 1.53 bits per heavy atom. The highest BCUT2D eigenvalue weighted by molar-refractivity contribution is 5.78. The summed E-state index contributed by atoms with van der Waals surface area (Å²) in [5.74, 6) is 0.702. The Hall–Kier alpha value is -1.91. The Morgan fingerprint density at radius 3 is 1.95 bits per heavy atom. The van der Waals surface area contributed by atoms with Crippen molar-refractivity contribution in [2.45, 2.75) is 31.3 Å². The highest BCUT2D eigenvalue weighted by Gasteiger charge is 2.44. The van der Waals surface area contributed by atoms with Crippen molar-refractivity contribution < 1.29 is 24.1 Å². The van der Waals surface area contributed by atoms with E-state index in [1.807, 2.05) is 0 Å². The van der Waals surface area contributed by atoms with Crippen LogP contribution in [0.3, 0.4) is 0 Å². The average molecular weight is 266 g/mol. The smallest absolute Gasteiger partial charge is 0.348 e. The molecule has 5 nitrogen and oxygen atoms in total. The number of methoxy groups -OCH3 is 2. The predicted molar refractivity (Wildman–Crippen MR) is 69.0 cm³/mol. The van der Waals surface area contributed by atoms with Crippen molar-refractivity contribution in [3.05, 3.63) is 18.2 Å². The van der Waals surface area contributed by atoms with E-state index < -0.39 is 11.6 Å². The molecule has 0 aromatic heterocycles. The Labute approximate surface area is 112 Å². The molecule has 0 atom stereocenters. The van der Waals surface area contributed by atoms with E-state index in [1.54, 1.807) is 32.4 Å². The average Bonchev–Trinajstić information content (AvgIpc) is 2.88. The maximum absolute atomic E-state index is 11.4. The molecule has 1 aromatic rings. The zero-order valence-corrected chi connectivity index (χ0v) is 11.1. The van der Waals surface area contributed by atoms with Crippen molar-refractivity contribution >= 4 is 5.97 Å². The molecule has 0 unspecified atom stereocenters. The molecule has 1 fully saturated rings. The number of aliphatic carboxylic acids is 1. The van der Waals surface area contributed by atoms with E-state index in [0.717, 1.165) is 12.8 Å². The summed E-state index contributed by atoms with van der Waals surface area (Å²) < 4.78 is 16.0. The number of carbonyl (C=O) groups is 1. The van der Waals surface area contributed by atoms with Crippen molar-refractivity contribution in [3.63, 3.8) is 0 Å². The van der Waals surface area contributed by atoms with Crippen molar-refractivity contribution in [1.82, 2.24) is 0 Å². The van der Waals surface area contributed by atoms with Gasteiger partial charge in [0, 0.05) is 18.2 Å². The van der Waals surface area contributed by atoms with Crippen LogP contribution in [0.15, 0.2) is 18.2 Å². The standard InChI is InChI=1S/C14H18O5/c1-17-10-7-11(18-2)9-12(8-10)19-14(13(15)16)5-3-4-6-14/h7-9H,3-6H2,1-2H3,(H,15,16). The number of benzene rings is 1. The maximum Gasteiger partial charge on any atom is 0.348 e. The first-order chi connectivity index (χ1) is 9.09. The van der Waals surface area contributed by atoms with Gasteiger partial charge in [0.15, 0.2) is 0 Å². The number of carboxylic acid groups (broad SMARTS) is 1. The Balaban J connectivity index is 2.28. The van der Waals surface area contributed by atoms with Gasteiger partial charge < -0.3 is 19.3 Å². The highest BCUT2D eigenvalue weighted by Crippen LogP contribution is 2.37. The number of hydrogen-bond donors (Lipinski definition) is 1. The third-order valence-electron chi connectivity index (χ3n) is 3.44. The van der Waals surface area contributed by atoms with Gasteiger partial charge in [-0.05, 0) is 25.7 Å². The van der Waals surface area contributed by atoms with E-state index in [1.165, 1.54) is 0 Å². The van der Waals surface area contributed by atoms with Crippen molar-refractivity contribution in [2.75, 3.05) is 14.2 Å². The molecular weight excluding hydrogens is 248 g/mol. The van der Waals surface area contributed by atoms with Gasteiger partial charge in [0.05, 0.1) is 14.2 Å². The van der Waals surface area contributed by atoms with Crippen LogP contribution in [0.2, 0.25) is 0 Å². The van der Waals surface area contributed by atoms with E-state index in [9.17, 15) is 9.90 Å². The molecule has 104 valence electrons. The molecule has 5 heteroatoms. The molecule has 0 saturated heterocycles. The minimum Gasteiger partial charge on any atom is -0.496 e. The summed E-state index contributed by atoms with van der Waals surface area (Å²) in [7, 11) is 3.09. The van der Waals surface area contributed by atoms with Crippen LogP contribution in [-0.2, 0) is 4.79 Å². The lowest BCUT2D eigenvalue weighted by Crippen LogP contribution is -2.41. The second-order valence-electron chi connectivity index (χ2n) is 4.66. The van der Waals surface area contributed by atoms with Crippen molar-refractivity contribution in [1.29, 1.82) is 0 Å². The zero-order valence-electron chi connectivity index (χ0n) is 11.1. The monoisotopic (exact) mass is 266 g/mol. The van der Waals surface area contributed by atoms with E-state index in [-0.39, 0.29) is 0 Å². The topological polar surface area (TPSA) is 65.0 Å². The molecule has 1 aliphatic rings. The molecule has 1 aliphatic carbocycles. The summed E-state index contributed by atoms with van der Waals surface area (Å²) in [6.07, 6.45) is 2.80. The second kappa shape index (κ2) is 5.38. The van der Waals surface area contributed by atoms with Crippen LogP contribution in [-0.4, -0.2) is 30.9 Å². The zero-order chi connectivity index (χ0) is 13.9. The van der Waals surface area contributed by atoms with E-state index in [0.29, 0.717) is 30.1 Å². The maximum atomic E-state index is 11.4. The molecular formula is C14H18O5. The minimum atomic E-state index is -1.11.